The molecule has 1 aromatic carbocycles. The Morgan fingerprint density at radius 1 is 1.10 bits per heavy atom. The van der Waals surface area contributed by atoms with Crippen LogP contribution < -0.4 is 5.32 Å². The monoisotopic (exact) mass is 307 g/mol. The second-order valence-corrected chi connectivity index (χ2v) is 7.28. The van der Waals surface area contributed by atoms with Crippen LogP contribution in [0, 0.1) is 0 Å². The van der Waals surface area contributed by atoms with Crippen molar-refractivity contribution < 1.29 is 21.6 Å². The van der Waals surface area contributed by atoms with Gasteiger partial charge >= 0.3 is 6.18 Å². The van der Waals surface area contributed by atoms with E-state index in [1.807, 2.05) is 0 Å². The van der Waals surface area contributed by atoms with E-state index in [-0.39, 0.29) is 29.9 Å². The van der Waals surface area contributed by atoms with Gasteiger partial charge in [0.05, 0.1) is 11.5 Å². The maximum Gasteiger partial charge on any atom is 0.407 e. The average Bonchev–Trinajstić information content (AvgIpc) is 2.37. The first-order valence-corrected chi connectivity index (χ1v) is 8.18. The lowest BCUT2D eigenvalue weighted by Crippen LogP contribution is -2.44. The number of halogens is 3. The van der Waals surface area contributed by atoms with E-state index >= 15 is 0 Å². The van der Waals surface area contributed by atoms with Crippen molar-refractivity contribution in [3.8, 4) is 0 Å². The summed E-state index contributed by atoms with van der Waals surface area (Å²) in [6, 6.07) is 5.43. The molecular weight excluding hydrogens is 291 g/mol. The quantitative estimate of drug-likeness (QED) is 0.933. The van der Waals surface area contributed by atoms with Crippen molar-refractivity contribution in [2.75, 3.05) is 11.5 Å². The summed E-state index contributed by atoms with van der Waals surface area (Å²) in [7, 11) is -3.07. The number of nitrogens with one attached hydrogen (secondary N) is 1. The summed E-state index contributed by atoms with van der Waals surface area (Å²) in [5.41, 5.74) is 0.147. The van der Waals surface area contributed by atoms with Gasteiger partial charge in [0.15, 0.2) is 0 Å². The van der Waals surface area contributed by atoms with Gasteiger partial charge in [-0.2, -0.15) is 13.2 Å². The van der Waals surface area contributed by atoms with Gasteiger partial charge in [0.25, 0.3) is 0 Å². The van der Waals surface area contributed by atoms with Crippen LogP contribution in [0.3, 0.4) is 0 Å². The van der Waals surface area contributed by atoms with Gasteiger partial charge in [0.2, 0.25) is 0 Å². The normalized spacial score (nSPS) is 21.6. The average molecular weight is 307 g/mol. The minimum Gasteiger partial charge on any atom is -0.300 e. The Hall–Kier alpha value is -1.08. The number of sulfone groups is 1. The van der Waals surface area contributed by atoms with Gasteiger partial charge in [-0.05, 0) is 18.4 Å². The van der Waals surface area contributed by atoms with Gasteiger partial charge < -0.3 is 0 Å². The van der Waals surface area contributed by atoms with E-state index in [1.54, 1.807) is 18.2 Å². The highest BCUT2D eigenvalue weighted by atomic mass is 32.2. The van der Waals surface area contributed by atoms with E-state index in [4.69, 9.17) is 0 Å². The highest BCUT2D eigenvalue weighted by Crippen LogP contribution is 2.33. The number of alkyl halides is 3. The molecule has 1 aromatic rings. The fraction of sp³-hybridized carbons (Fsp3) is 0.538. The molecule has 1 aliphatic heterocycles. The fourth-order valence-corrected chi connectivity index (χ4v) is 3.81. The molecule has 7 heteroatoms. The second-order valence-electron chi connectivity index (χ2n) is 4.98. The standard InChI is InChI=1S/C13H16F3NO2S/c14-13(15,16)12(10-4-2-1-3-5-10)17-11-6-8-20(18,19)9-7-11/h1-5,11-12,17H,6-9H2. The van der Waals surface area contributed by atoms with Crippen molar-refractivity contribution in [2.24, 2.45) is 0 Å². The summed E-state index contributed by atoms with van der Waals surface area (Å²) in [5.74, 6) is -0.103. The van der Waals surface area contributed by atoms with E-state index in [0.29, 0.717) is 0 Å². The molecular formula is C13H16F3NO2S. The molecule has 2 rings (SSSR count). The van der Waals surface area contributed by atoms with E-state index in [1.165, 1.54) is 12.1 Å². The minimum absolute atomic E-state index is 0.0516. The summed E-state index contributed by atoms with van der Waals surface area (Å²) in [6.07, 6.45) is -3.96. The molecule has 0 spiro atoms. The van der Waals surface area contributed by atoms with Gasteiger partial charge in [0, 0.05) is 6.04 Å². The molecule has 0 amide bonds. The van der Waals surface area contributed by atoms with Crippen LogP contribution in [0.5, 0.6) is 0 Å². The van der Waals surface area contributed by atoms with Gasteiger partial charge in [-0.25, -0.2) is 8.42 Å². The van der Waals surface area contributed by atoms with Crippen LogP contribution in [-0.4, -0.2) is 32.1 Å². The molecule has 0 aromatic heterocycles. The third kappa shape index (κ3) is 3.96. The van der Waals surface area contributed by atoms with Crippen molar-refractivity contribution in [2.45, 2.75) is 31.1 Å². The van der Waals surface area contributed by atoms with E-state index in [9.17, 15) is 21.6 Å². The molecule has 0 radical (unpaired) electrons. The zero-order chi connectivity index (χ0) is 14.8. The largest absolute Gasteiger partial charge is 0.407 e. The van der Waals surface area contributed by atoms with Crippen LogP contribution in [0.2, 0.25) is 0 Å². The van der Waals surface area contributed by atoms with Crippen LogP contribution >= 0.6 is 0 Å². The van der Waals surface area contributed by atoms with Crippen LogP contribution in [0.4, 0.5) is 13.2 Å². The van der Waals surface area contributed by atoms with Crippen LogP contribution in [0.15, 0.2) is 30.3 Å². The summed E-state index contributed by atoms with van der Waals surface area (Å²) in [4.78, 5) is 0. The first-order valence-electron chi connectivity index (χ1n) is 6.36. The van der Waals surface area contributed by atoms with Crippen LogP contribution in [0.1, 0.15) is 24.4 Å². The van der Waals surface area contributed by atoms with Gasteiger partial charge in [-0.15, -0.1) is 0 Å². The smallest absolute Gasteiger partial charge is 0.300 e. The molecule has 1 saturated heterocycles. The molecule has 0 saturated carbocycles. The molecule has 20 heavy (non-hydrogen) atoms. The Morgan fingerprint density at radius 3 is 2.15 bits per heavy atom. The molecule has 0 aliphatic carbocycles. The Balaban J connectivity index is 2.10. The van der Waals surface area contributed by atoms with Crippen molar-refractivity contribution >= 4 is 9.84 Å². The third-order valence-corrected chi connectivity index (χ3v) is 5.13. The number of benzene rings is 1. The lowest BCUT2D eigenvalue weighted by atomic mass is 10.0. The van der Waals surface area contributed by atoms with E-state index < -0.39 is 28.1 Å². The first-order chi connectivity index (χ1) is 9.28. The molecule has 1 atom stereocenters. The summed E-state index contributed by atoms with van der Waals surface area (Å²) in [5, 5.41) is 2.56. The molecule has 1 N–H and O–H groups in total. The Labute approximate surface area is 116 Å². The van der Waals surface area contributed by atoms with Crippen molar-refractivity contribution in [3.63, 3.8) is 0 Å². The molecule has 1 heterocycles. The second kappa shape index (κ2) is 5.73. The van der Waals surface area contributed by atoms with E-state index in [2.05, 4.69) is 5.32 Å². The lowest BCUT2D eigenvalue weighted by Gasteiger charge is -2.30. The molecule has 1 unspecified atom stereocenters. The van der Waals surface area contributed by atoms with Gasteiger partial charge in [-0.1, -0.05) is 30.3 Å². The van der Waals surface area contributed by atoms with E-state index in [0.717, 1.165) is 0 Å². The predicted molar refractivity (Wildman–Crippen MR) is 70.0 cm³/mol. The fourth-order valence-electron chi connectivity index (χ4n) is 2.32. The van der Waals surface area contributed by atoms with Crippen LogP contribution in [-0.2, 0) is 9.84 Å². The third-order valence-electron chi connectivity index (χ3n) is 3.42. The predicted octanol–water partition coefficient (Wildman–Crippen LogP) is 2.46. The topological polar surface area (TPSA) is 46.2 Å². The summed E-state index contributed by atoms with van der Waals surface area (Å²) < 4.78 is 62.0. The Kier molecular flexibility index (Phi) is 4.39. The first kappa shape index (κ1) is 15.3. The van der Waals surface area contributed by atoms with Crippen molar-refractivity contribution in [1.29, 1.82) is 0 Å². The number of hydrogen-bond donors (Lipinski definition) is 1. The maximum atomic E-state index is 13.1. The zero-order valence-corrected chi connectivity index (χ0v) is 11.5. The Morgan fingerprint density at radius 2 is 1.65 bits per heavy atom. The summed E-state index contributed by atoms with van der Waals surface area (Å²) >= 11 is 0. The number of rotatable bonds is 3. The Bertz CT molecular complexity index is 528. The van der Waals surface area contributed by atoms with Crippen molar-refractivity contribution in [3.05, 3.63) is 35.9 Å². The van der Waals surface area contributed by atoms with Crippen molar-refractivity contribution in [1.82, 2.24) is 5.32 Å². The number of hydrogen-bond acceptors (Lipinski definition) is 3. The summed E-state index contributed by atoms with van der Waals surface area (Å²) in [6.45, 7) is 0. The maximum absolute atomic E-state index is 13.1. The molecule has 0 bridgehead atoms. The molecule has 112 valence electrons. The highest BCUT2D eigenvalue weighted by molar-refractivity contribution is 7.91. The van der Waals surface area contributed by atoms with Gasteiger partial charge in [0.1, 0.15) is 15.9 Å². The minimum atomic E-state index is -4.41. The molecule has 1 fully saturated rings. The molecule has 1 aliphatic rings. The lowest BCUT2D eigenvalue weighted by molar-refractivity contribution is -0.159. The van der Waals surface area contributed by atoms with Crippen LogP contribution in [0.25, 0.3) is 0 Å². The zero-order valence-electron chi connectivity index (χ0n) is 10.7. The molecule has 3 nitrogen and oxygen atoms in total. The highest BCUT2D eigenvalue weighted by Gasteiger charge is 2.42. The van der Waals surface area contributed by atoms with Gasteiger partial charge in [-0.3, -0.25) is 5.32 Å². The SMILES string of the molecule is O=S1(=O)CCC(NC(c2ccccc2)C(F)(F)F)CC1.